The van der Waals surface area contributed by atoms with Crippen molar-refractivity contribution in [2.24, 2.45) is 0 Å². The van der Waals surface area contributed by atoms with Crippen molar-refractivity contribution >= 4 is 5.91 Å². The summed E-state index contributed by atoms with van der Waals surface area (Å²) in [6.07, 6.45) is 6.81. The van der Waals surface area contributed by atoms with Crippen LogP contribution in [0.5, 0.6) is 0 Å². The second-order valence-electron chi connectivity index (χ2n) is 8.40. The zero-order valence-electron chi connectivity index (χ0n) is 16.7. The number of likely N-dealkylation sites (tertiary alicyclic amines) is 1. The molecule has 0 unspecified atom stereocenters. The second kappa shape index (κ2) is 8.62. The normalized spacial score (nSPS) is 18.0. The molecule has 2 aliphatic rings. The number of fused-ring (bicyclic) bond motifs is 2. The number of carbonyl (C=O) groups excluding carboxylic acids is 1. The number of unbranched alkanes of at least 4 members (excludes halogenated alkanes) is 1. The van der Waals surface area contributed by atoms with Gasteiger partial charge in [0, 0.05) is 18.2 Å². The van der Waals surface area contributed by atoms with Gasteiger partial charge in [0.15, 0.2) is 0 Å². The number of halogens is 2. The van der Waals surface area contributed by atoms with Gasteiger partial charge in [0.25, 0.3) is 5.91 Å². The highest BCUT2D eigenvalue weighted by Crippen LogP contribution is 2.46. The topological polar surface area (TPSA) is 32.3 Å². The third kappa shape index (κ3) is 4.50. The van der Waals surface area contributed by atoms with Crippen LogP contribution in [0.4, 0.5) is 8.78 Å². The average Bonchev–Trinajstić information content (AvgIpc) is 3.07. The minimum atomic E-state index is -0.733. The first kappa shape index (κ1) is 20.0. The van der Waals surface area contributed by atoms with Gasteiger partial charge >= 0.3 is 0 Å². The van der Waals surface area contributed by atoms with E-state index < -0.39 is 17.5 Å². The van der Waals surface area contributed by atoms with E-state index in [9.17, 15) is 13.6 Å². The van der Waals surface area contributed by atoms with Gasteiger partial charge < -0.3 is 10.2 Å². The monoisotopic (exact) mass is 398 g/mol. The fourth-order valence-corrected chi connectivity index (χ4v) is 4.94. The molecule has 0 aromatic heterocycles. The molecule has 4 rings (SSSR count). The molecular weight excluding hydrogens is 370 g/mol. The van der Waals surface area contributed by atoms with Crippen LogP contribution >= 0.6 is 0 Å². The number of amides is 1. The Morgan fingerprint density at radius 3 is 2.48 bits per heavy atom. The molecule has 0 radical (unpaired) electrons. The molecule has 1 heterocycles. The fourth-order valence-electron chi connectivity index (χ4n) is 4.94. The maximum atomic E-state index is 13.2. The Bertz CT molecular complexity index is 855. The Kier molecular flexibility index (Phi) is 5.95. The van der Waals surface area contributed by atoms with E-state index >= 15 is 0 Å². The van der Waals surface area contributed by atoms with Crippen molar-refractivity contribution in [2.45, 2.75) is 43.9 Å². The van der Waals surface area contributed by atoms with E-state index in [-0.39, 0.29) is 5.56 Å². The summed E-state index contributed by atoms with van der Waals surface area (Å²) in [6.45, 7) is 3.80. The molecule has 1 amide bonds. The van der Waals surface area contributed by atoms with Gasteiger partial charge in [0.05, 0.1) is 0 Å². The van der Waals surface area contributed by atoms with Crippen molar-refractivity contribution in [3.63, 3.8) is 0 Å². The smallest absolute Gasteiger partial charge is 0.251 e. The van der Waals surface area contributed by atoms with Gasteiger partial charge in [0.1, 0.15) is 11.6 Å². The largest absolute Gasteiger partial charge is 0.352 e. The molecule has 29 heavy (non-hydrogen) atoms. The predicted molar refractivity (Wildman–Crippen MR) is 110 cm³/mol. The van der Waals surface area contributed by atoms with E-state index in [1.807, 2.05) is 0 Å². The van der Waals surface area contributed by atoms with Crippen LogP contribution in [-0.2, 0) is 11.8 Å². The highest BCUT2D eigenvalue weighted by Gasteiger charge is 2.40. The predicted octanol–water partition coefficient (Wildman–Crippen LogP) is 4.45. The van der Waals surface area contributed by atoms with Crippen molar-refractivity contribution in [2.75, 3.05) is 26.2 Å². The van der Waals surface area contributed by atoms with Gasteiger partial charge in [-0.25, -0.2) is 8.78 Å². The quantitative estimate of drug-likeness (QED) is 0.729. The molecule has 1 saturated heterocycles. The maximum Gasteiger partial charge on any atom is 0.251 e. The number of aryl methyl sites for hydroxylation is 1. The summed E-state index contributed by atoms with van der Waals surface area (Å²) < 4.78 is 26.4. The third-order valence-corrected chi connectivity index (χ3v) is 6.59. The van der Waals surface area contributed by atoms with Gasteiger partial charge in [-0.2, -0.15) is 0 Å². The van der Waals surface area contributed by atoms with Crippen LogP contribution in [0.1, 0.15) is 53.6 Å². The summed E-state index contributed by atoms with van der Waals surface area (Å²) in [6, 6.07) is 11.8. The van der Waals surface area contributed by atoms with Crippen LogP contribution in [0.15, 0.2) is 42.5 Å². The molecule has 1 spiro atoms. The number of rotatable bonds is 6. The first-order valence-corrected chi connectivity index (χ1v) is 10.6. The molecule has 5 heteroatoms. The highest BCUT2D eigenvalue weighted by molar-refractivity contribution is 5.94. The number of hydrogen-bond donors (Lipinski definition) is 1. The van der Waals surface area contributed by atoms with Crippen molar-refractivity contribution < 1.29 is 13.6 Å². The summed E-state index contributed by atoms with van der Waals surface area (Å²) >= 11 is 0. The molecule has 0 atom stereocenters. The van der Waals surface area contributed by atoms with E-state index in [1.165, 1.54) is 31.2 Å². The molecule has 154 valence electrons. The zero-order chi connectivity index (χ0) is 20.3. The fraction of sp³-hybridized carbons (Fsp3) is 0.458. The Hall–Kier alpha value is -2.27. The lowest BCUT2D eigenvalue weighted by Gasteiger charge is -2.40. The van der Waals surface area contributed by atoms with E-state index in [0.717, 1.165) is 50.7 Å². The van der Waals surface area contributed by atoms with Crippen LogP contribution in [0.2, 0.25) is 0 Å². The Labute approximate surface area is 171 Å². The molecule has 0 bridgehead atoms. The summed E-state index contributed by atoms with van der Waals surface area (Å²) in [5.41, 5.74) is 3.54. The molecule has 2 aromatic carbocycles. The van der Waals surface area contributed by atoms with Crippen molar-refractivity contribution in [1.82, 2.24) is 10.2 Å². The number of nitrogens with one attached hydrogen (secondary N) is 1. The minimum Gasteiger partial charge on any atom is -0.352 e. The van der Waals surface area contributed by atoms with Crippen LogP contribution in [0.25, 0.3) is 0 Å². The van der Waals surface area contributed by atoms with Crippen LogP contribution in [-0.4, -0.2) is 37.0 Å². The molecule has 1 aliphatic heterocycles. The number of benzene rings is 2. The average molecular weight is 398 g/mol. The van der Waals surface area contributed by atoms with Gasteiger partial charge in [-0.05, 0) is 86.8 Å². The highest BCUT2D eigenvalue weighted by atomic mass is 19.1. The third-order valence-electron chi connectivity index (χ3n) is 6.59. The summed E-state index contributed by atoms with van der Waals surface area (Å²) in [7, 11) is 0. The first-order valence-electron chi connectivity index (χ1n) is 10.6. The molecule has 1 N–H and O–H groups in total. The molecule has 0 saturated carbocycles. The lowest BCUT2D eigenvalue weighted by atomic mass is 9.74. The van der Waals surface area contributed by atoms with Crippen LogP contribution < -0.4 is 5.32 Å². The lowest BCUT2D eigenvalue weighted by Crippen LogP contribution is -2.42. The molecular formula is C24H28F2N2O. The van der Waals surface area contributed by atoms with E-state index in [1.54, 1.807) is 5.56 Å². The number of hydrogen-bond acceptors (Lipinski definition) is 2. The first-order chi connectivity index (χ1) is 14.1. The SMILES string of the molecule is O=C(NCCCCN1CCC2(CCc3ccccc32)CC1)c1cc(F)cc(F)c1. The van der Waals surface area contributed by atoms with Crippen molar-refractivity contribution in [1.29, 1.82) is 0 Å². The molecule has 2 aromatic rings. The summed E-state index contributed by atoms with van der Waals surface area (Å²) in [4.78, 5) is 14.5. The van der Waals surface area contributed by atoms with Crippen LogP contribution in [0, 0.1) is 11.6 Å². The van der Waals surface area contributed by atoms with E-state index in [2.05, 4.69) is 34.5 Å². The van der Waals surface area contributed by atoms with Crippen molar-refractivity contribution in [3.05, 3.63) is 70.8 Å². The van der Waals surface area contributed by atoms with Gasteiger partial charge in [0.2, 0.25) is 0 Å². The molecule has 3 nitrogen and oxygen atoms in total. The molecule has 1 fully saturated rings. The zero-order valence-corrected chi connectivity index (χ0v) is 16.7. The number of piperidine rings is 1. The van der Waals surface area contributed by atoms with Gasteiger partial charge in [-0.1, -0.05) is 24.3 Å². The Morgan fingerprint density at radius 1 is 1.00 bits per heavy atom. The standard InChI is InChI=1S/C24H28F2N2O/c25-20-15-19(16-21(26)17-20)23(29)27-11-3-4-12-28-13-9-24(10-14-28)8-7-18-5-1-2-6-22(18)24/h1-2,5-6,15-17H,3-4,7-14H2,(H,27,29). The van der Waals surface area contributed by atoms with Gasteiger partial charge in [-0.3, -0.25) is 4.79 Å². The Balaban J connectivity index is 1.17. The summed E-state index contributed by atoms with van der Waals surface area (Å²) in [5.74, 6) is -1.89. The second-order valence-corrected chi connectivity index (χ2v) is 8.40. The van der Waals surface area contributed by atoms with Gasteiger partial charge in [-0.15, -0.1) is 0 Å². The maximum absolute atomic E-state index is 13.2. The number of carbonyl (C=O) groups is 1. The van der Waals surface area contributed by atoms with Crippen LogP contribution in [0.3, 0.4) is 0 Å². The number of nitrogens with zero attached hydrogens (tertiary/aromatic N) is 1. The molecule has 1 aliphatic carbocycles. The Morgan fingerprint density at radius 2 is 1.72 bits per heavy atom. The summed E-state index contributed by atoms with van der Waals surface area (Å²) in [5, 5.41) is 2.75. The lowest BCUT2D eigenvalue weighted by molar-refractivity contribution is 0.0951. The van der Waals surface area contributed by atoms with E-state index in [0.29, 0.717) is 12.0 Å². The minimum absolute atomic E-state index is 0.0284. The van der Waals surface area contributed by atoms with Crippen molar-refractivity contribution in [3.8, 4) is 0 Å². The van der Waals surface area contributed by atoms with E-state index in [4.69, 9.17) is 0 Å².